The molecule has 2 heterocycles. The maximum absolute atomic E-state index is 11.6. The van der Waals surface area contributed by atoms with Gasteiger partial charge in [0.25, 0.3) is 5.56 Å². The monoisotopic (exact) mass is 309 g/mol. The summed E-state index contributed by atoms with van der Waals surface area (Å²) in [4.78, 5) is 24.6. The molecule has 0 radical (unpaired) electrons. The first kappa shape index (κ1) is 16.8. The van der Waals surface area contributed by atoms with Crippen LogP contribution in [0.25, 0.3) is 0 Å². The number of hydrogen-bond acceptors (Lipinski definition) is 7. The van der Waals surface area contributed by atoms with E-state index in [4.69, 9.17) is 15.6 Å². The van der Waals surface area contributed by atoms with Crippen molar-refractivity contribution in [2.45, 2.75) is 30.6 Å². The molecule has 5 atom stereocenters. The van der Waals surface area contributed by atoms with Crippen molar-refractivity contribution in [3.8, 4) is 0 Å². The predicted octanol–water partition coefficient (Wildman–Crippen LogP) is -3.10. The number of H-pyrrole nitrogens is 1. The molecule has 2 rings (SSSR count). The molecule has 0 saturated carbocycles. The number of hydrogen-bond donors (Lipinski definition) is 5. The van der Waals surface area contributed by atoms with Crippen LogP contribution in [0, 0.1) is 0 Å². The van der Waals surface area contributed by atoms with Crippen LogP contribution in [0.2, 0.25) is 0 Å². The summed E-state index contributed by atoms with van der Waals surface area (Å²) in [5, 5.41) is 28.5. The Bertz CT molecular complexity index is 558. The van der Waals surface area contributed by atoms with Crippen molar-refractivity contribution in [3.05, 3.63) is 33.1 Å². The third kappa shape index (κ3) is 2.92. The first-order valence-electron chi connectivity index (χ1n) is 5.65. The Balaban J connectivity index is 0.00000200. The molecule has 114 valence electrons. The van der Waals surface area contributed by atoms with E-state index < -0.39 is 48.4 Å². The second kappa shape index (κ2) is 6.48. The zero-order valence-corrected chi connectivity index (χ0v) is 11.1. The van der Waals surface area contributed by atoms with Crippen molar-refractivity contribution in [3.63, 3.8) is 0 Å². The molecule has 1 aliphatic heterocycles. The number of nitrogens with one attached hydrogen (secondary N) is 1. The van der Waals surface area contributed by atoms with Gasteiger partial charge in [-0.25, -0.2) is 4.79 Å². The van der Waals surface area contributed by atoms with E-state index in [1.165, 1.54) is 6.20 Å². The lowest BCUT2D eigenvalue weighted by Gasteiger charge is -2.41. The minimum Gasteiger partial charge on any atom is -0.394 e. The van der Waals surface area contributed by atoms with Gasteiger partial charge in [0.15, 0.2) is 6.23 Å². The van der Waals surface area contributed by atoms with Gasteiger partial charge in [0.2, 0.25) is 0 Å². The highest BCUT2D eigenvalue weighted by Crippen LogP contribution is 2.25. The molecule has 0 aromatic carbocycles. The molecule has 5 unspecified atom stereocenters. The average Bonchev–Trinajstić information content (AvgIpc) is 2.38. The van der Waals surface area contributed by atoms with Gasteiger partial charge in [0.1, 0.15) is 18.3 Å². The van der Waals surface area contributed by atoms with Crippen LogP contribution in [0.5, 0.6) is 0 Å². The molecule has 1 aromatic rings. The molecule has 1 fully saturated rings. The summed E-state index contributed by atoms with van der Waals surface area (Å²) in [7, 11) is 0. The van der Waals surface area contributed by atoms with Gasteiger partial charge < -0.3 is 25.8 Å². The van der Waals surface area contributed by atoms with Gasteiger partial charge in [0, 0.05) is 12.3 Å². The zero-order chi connectivity index (χ0) is 14.2. The van der Waals surface area contributed by atoms with Crippen LogP contribution in [-0.4, -0.2) is 55.8 Å². The van der Waals surface area contributed by atoms with Crippen molar-refractivity contribution in [1.29, 1.82) is 0 Å². The molecule has 9 nitrogen and oxygen atoms in total. The van der Waals surface area contributed by atoms with Crippen LogP contribution in [0.15, 0.2) is 21.9 Å². The van der Waals surface area contributed by atoms with Crippen LogP contribution in [0.3, 0.4) is 0 Å². The van der Waals surface area contributed by atoms with Crippen molar-refractivity contribution >= 4 is 12.4 Å². The van der Waals surface area contributed by atoms with Gasteiger partial charge in [-0.1, -0.05) is 0 Å². The average molecular weight is 310 g/mol. The Morgan fingerprint density at radius 2 is 2.00 bits per heavy atom. The van der Waals surface area contributed by atoms with Crippen molar-refractivity contribution in [2.75, 3.05) is 6.61 Å². The molecule has 20 heavy (non-hydrogen) atoms. The Morgan fingerprint density at radius 3 is 2.55 bits per heavy atom. The highest BCUT2D eigenvalue weighted by molar-refractivity contribution is 5.85. The summed E-state index contributed by atoms with van der Waals surface area (Å²) >= 11 is 0. The first-order valence-corrected chi connectivity index (χ1v) is 5.65. The van der Waals surface area contributed by atoms with E-state index in [1.54, 1.807) is 0 Å². The van der Waals surface area contributed by atoms with Gasteiger partial charge >= 0.3 is 5.69 Å². The van der Waals surface area contributed by atoms with Gasteiger partial charge in [-0.15, -0.1) is 12.4 Å². The molecule has 10 heteroatoms. The fourth-order valence-electron chi connectivity index (χ4n) is 2.00. The lowest BCUT2D eigenvalue weighted by molar-refractivity contribution is -0.211. The lowest BCUT2D eigenvalue weighted by atomic mass is 9.97. The second-order valence-electron chi connectivity index (χ2n) is 4.32. The van der Waals surface area contributed by atoms with Crippen LogP contribution >= 0.6 is 12.4 Å². The van der Waals surface area contributed by atoms with Gasteiger partial charge in [-0.05, 0) is 0 Å². The Morgan fingerprint density at radius 1 is 1.35 bits per heavy atom. The minimum atomic E-state index is -1.37. The highest BCUT2D eigenvalue weighted by Gasteiger charge is 2.43. The highest BCUT2D eigenvalue weighted by atomic mass is 35.5. The fraction of sp³-hybridized carbons (Fsp3) is 0.600. The SMILES string of the molecule is Cl.NC1C(O)C(O)C(CO)OC1n1ccc(=O)[nH]c1=O. The molecule has 1 aliphatic rings. The number of halogens is 1. The summed E-state index contributed by atoms with van der Waals surface area (Å²) in [6.07, 6.45) is -3.71. The van der Waals surface area contributed by atoms with Crippen molar-refractivity contribution in [1.82, 2.24) is 9.55 Å². The molecule has 0 bridgehead atoms. The number of rotatable bonds is 2. The summed E-state index contributed by atoms with van der Waals surface area (Å²) in [6, 6.07) is 0.0180. The fourth-order valence-corrected chi connectivity index (χ4v) is 2.00. The molecule has 1 saturated heterocycles. The van der Waals surface area contributed by atoms with Crippen LogP contribution in [0.4, 0.5) is 0 Å². The normalized spacial score (nSPS) is 33.5. The Kier molecular flexibility index (Phi) is 5.45. The first-order chi connectivity index (χ1) is 8.95. The summed E-state index contributed by atoms with van der Waals surface area (Å²) in [6.45, 7) is -0.542. The quantitative estimate of drug-likeness (QED) is 0.388. The van der Waals surface area contributed by atoms with E-state index in [2.05, 4.69) is 0 Å². The number of ether oxygens (including phenoxy) is 1. The smallest absolute Gasteiger partial charge is 0.330 e. The third-order valence-electron chi connectivity index (χ3n) is 3.07. The number of nitrogens with zero attached hydrogens (tertiary/aromatic N) is 1. The van der Waals surface area contributed by atoms with Gasteiger partial charge in [-0.3, -0.25) is 14.3 Å². The Hall–Kier alpha value is -1.23. The van der Waals surface area contributed by atoms with E-state index in [0.29, 0.717) is 0 Å². The molecular formula is C10H16ClN3O6. The molecular weight excluding hydrogens is 294 g/mol. The molecule has 6 N–H and O–H groups in total. The summed E-state index contributed by atoms with van der Waals surface area (Å²) in [5.74, 6) is 0. The maximum atomic E-state index is 11.6. The number of aromatic amines is 1. The molecule has 1 aromatic heterocycles. The lowest BCUT2D eigenvalue weighted by Crippen LogP contribution is -2.61. The number of aliphatic hydroxyl groups is 3. The second-order valence-corrected chi connectivity index (χ2v) is 4.32. The summed E-state index contributed by atoms with van der Waals surface area (Å²) < 4.78 is 6.28. The molecule has 0 amide bonds. The van der Waals surface area contributed by atoms with Crippen LogP contribution < -0.4 is 17.0 Å². The van der Waals surface area contributed by atoms with E-state index in [-0.39, 0.29) is 12.4 Å². The molecule has 0 aliphatic carbocycles. The Labute approximate surface area is 119 Å². The number of nitrogens with two attached hydrogens (primary N) is 1. The van der Waals surface area contributed by atoms with E-state index in [9.17, 15) is 19.8 Å². The summed E-state index contributed by atoms with van der Waals surface area (Å²) in [5.41, 5.74) is 4.37. The van der Waals surface area contributed by atoms with Gasteiger partial charge in [0.05, 0.1) is 12.6 Å². The molecule has 0 spiro atoms. The standard InChI is InChI=1S/C10H15N3O6.ClH/c11-6-8(17)7(16)4(3-14)19-9(6)13-2-1-5(15)12-10(13)18;/h1-2,4,6-9,14,16-17H,3,11H2,(H,12,15,18);1H. The van der Waals surface area contributed by atoms with E-state index in [1.807, 2.05) is 4.98 Å². The van der Waals surface area contributed by atoms with Gasteiger partial charge in [-0.2, -0.15) is 0 Å². The zero-order valence-electron chi connectivity index (χ0n) is 10.2. The maximum Gasteiger partial charge on any atom is 0.330 e. The van der Waals surface area contributed by atoms with Crippen molar-refractivity contribution < 1.29 is 20.1 Å². The van der Waals surface area contributed by atoms with E-state index in [0.717, 1.165) is 10.6 Å². The third-order valence-corrected chi connectivity index (χ3v) is 3.07. The topological polar surface area (TPSA) is 151 Å². The number of aliphatic hydroxyl groups excluding tert-OH is 3. The predicted molar refractivity (Wildman–Crippen MR) is 69.6 cm³/mol. The largest absolute Gasteiger partial charge is 0.394 e. The van der Waals surface area contributed by atoms with Crippen LogP contribution in [0.1, 0.15) is 6.23 Å². The van der Waals surface area contributed by atoms with Crippen LogP contribution in [-0.2, 0) is 4.74 Å². The number of aromatic nitrogens is 2. The minimum absolute atomic E-state index is 0. The van der Waals surface area contributed by atoms with Crippen molar-refractivity contribution in [2.24, 2.45) is 5.73 Å². The van der Waals surface area contributed by atoms with E-state index >= 15 is 0 Å².